The molecule has 4 rings (SSSR count). The van der Waals surface area contributed by atoms with Crippen LogP contribution >= 0.6 is 0 Å². The van der Waals surface area contributed by atoms with Crippen LogP contribution in [0.15, 0.2) is 85.3 Å². The van der Waals surface area contributed by atoms with Gasteiger partial charge in [-0.2, -0.15) is 5.10 Å². The summed E-state index contributed by atoms with van der Waals surface area (Å²) in [6.07, 6.45) is 8.33. The average Bonchev–Trinajstić information content (AvgIpc) is 3.49. The summed E-state index contributed by atoms with van der Waals surface area (Å²) in [5.74, 6) is -0.109. The van der Waals surface area contributed by atoms with Gasteiger partial charge in [-0.15, -0.1) is 0 Å². The van der Waals surface area contributed by atoms with Crippen LogP contribution in [0.5, 0.6) is 5.75 Å². The molecule has 0 bridgehead atoms. The highest BCUT2D eigenvalue weighted by Crippen LogP contribution is 2.23. The molecular weight excluding hydrogens is 480 g/mol. The summed E-state index contributed by atoms with van der Waals surface area (Å²) in [5, 5.41) is 15.6. The molecule has 0 saturated heterocycles. The quantitative estimate of drug-likeness (QED) is 0.220. The van der Waals surface area contributed by atoms with Crippen LogP contribution in [0.3, 0.4) is 0 Å². The molecule has 1 amide bonds. The fourth-order valence-electron chi connectivity index (χ4n) is 4.16. The Bertz CT molecular complexity index is 1290. The number of carbonyl (C=O) groups excluding carboxylic acids is 1. The number of aliphatic carboxylic acids is 1. The Morgan fingerprint density at radius 1 is 0.921 bits per heavy atom. The van der Waals surface area contributed by atoms with Gasteiger partial charge in [0.2, 0.25) is 0 Å². The van der Waals surface area contributed by atoms with Gasteiger partial charge in [0.25, 0.3) is 5.91 Å². The number of H-pyrrole nitrogens is 1. The van der Waals surface area contributed by atoms with Gasteiger partial charge < -0.3 is 14.7 Å². The van der Waals surface area contributed by atoms with Crippen LogP contribution in [0.2, 0.25) is 0 Å². The van der Waals surface area contributed by atoms with Crippen LogP contribution in [0, 0.1) is 0 Å². The number of rotatable bonds is 14. The number of nitrogens with zero attached hydrogens (tertiary/aromatic N) is 3. The second-order valence-electron chi connectivity index (χ2n) is 9.02. The molecule has 38 heavy (non-hydrogen) atoms. The number of carboxylic acid groups (broad SMARTS) is 1. The van der Waals surface area contributed by atoms with Crippen LogP contribution in [0.25, 0.3) is 11.1 Å². The van der Waals surface area contributed by atoms with E-state index >= 15 is 0 Å². The molecule has 2 heterocycles. The Morgan fingerprint density at radius 3 is 2.47 bits per heavy atom. The highest BCUT2D eigenvalue weighted by Gasteiger charge is 2.19. The van der Waals surface area contributed by atoms with Crippen LogP contribution < -0.4 is 4.74 Å². The molecule has 0 aliphatic heterocycles. The molecule has 0 spiro atoms. The zero-order valence-electron chi connectivity index (χ0n) is 21.3. The van der Waals surface area contributed by atoms with Gasteiger partial charge in [-0.05, 0) is 55.2 Å². The van der Waals surface area contributed by atoms with Gasteiger partial charge in [-0.1, -0.05) is 36.4 Å². The van der Waals surface area contributed by atoms with E-state index in [1.807, 2.05) is 77.8 Å². The molecule has 0 unspecified atom stereocenters. The number of ether oxygens (including phenoxy) is 1. The van der Waals surface area contributed by atoms with E-state index in [1.165, 1.54) is 0 Å². The van der Waals surface area contributed by atoms with Gasteiger partial charge in [0.15, 0.2) is 0 Å². The molecule has 8 heteroatoms. The second kappa shape index (κ2) is 13.7. The van der Waals surface area contributed by atoms with Crippen molar-refractivity contribution in [3.05, 3.63) is 102 Å². The number of hydrogen-bond acceptors (Lipinski definition) is 5. The van der Waals surface area contributed by atoms with E-state index in [-0.39, 0.29) is 12.3 Å². The smallest absolute Gasteiger partial charge is 0.303 e. The van der Waals surface area contributed by atoms with Crippen molar-refractivity contribution in [2.45, 2.75) is 38.6 Å². The van der Waals surface area contributed by atoms with Crippen molar-refractivity contribution in [1.82, 2.24) is 20.1 Å². The molecule has 0 atom stereocenters. The maximum absolute atomic E-state index is 13.7. The first kappa shape index (κ1) is 26.6. The molecule has 0 saturated carbocycles. The third kappa shape index (κ3) is 7.77. The van der Waals surface area contributed by atoms with Crippen molar-refractivity contribution in [3.8, 4) is 16.9 Å². The number of carboxylic acids is 1. The van der Waals surface area contributed by atoms with Crippen molar-refractivity contribution in [3.63, 3.8) is 0 Å². The predicted molar refractivity (Wildman–Crippen MR) is 145 cm³/mol. The normalized spacial score (nSPS) is 10.7. The number of aromatic amines is 1. The van der Waals surface area contributed by atoms with Gasteiger partial charge in [0.1, 0.15) is 5.75 Å². The lowest BCUT2D eigenvalue weighted by molar-refractivity contribution is -0.137. The van der Waals surface area contributed by atoms with Crippen LogP contribution in [-0.2, 0) is 17.8 Å². The summed E-state index contributed by atoms with van der Waals surface area (Å²) in [6, 6.07) is 21.1. The molecule has 4 aromatic rings. The van der Waals surface area contributed by atoms with Crippen molar-refractivity contribution in [2.24, 2.45) is 0 Å². The number of unbranched alkanes of at least 4 members (excludes halogenated alkanes) is 2. The van der Waals surface area contributed by atoms with Crippen LogP contribution in [-0.4, -0.2) is 50.2 Å². The second-order valence-corrected chi connectivity index (χ2v) is 9.02. The van der Waals surface area contributed by atoms with Crippen LogP contribution in [0.1, 0.15) is 47.3 Å². The van der Waals surface area contributed by atoms with E-state index < -0.39 is 5.97 Å². The molecule has 0 fully saturated rings. The lowest BCUT2D eigenvalue weighted by atomic mass is 10.1. The topological polar surface area (TPSA) is 108 Å². The molecule has 196 valence electrons. The maximum atomic E-state index is 13.7. The van der Waals surface area contributed by atoms with E-state index in [0.717, 1.165) is 41.0 Å². The molecule has 2 N–H and O–H groups in total. The largest absolute Gasteiger partial charge is 0.493 e. The summed E-state index contributed by atoms with van der Waals surface area (Å²) in [4.78, 5) is 30.6. The number of amides is 1. The SMILES string of the molecule is O=C(O)CCCCCOc1ccccc1CN(CCc1ccccn1)C(=O)c1ccc(-c2cn[nH]c2)cc1. The zero-order chi connectivity index (χ0) is 26.6. The van der Waals surface area contributed by atoms with E-state index in [2.05, 4.69) is 15.2 Å². The predicted octanol–water partition coefficient (Wildman–Crippen LogP) is 5.38. The first-order valence-corrected chi connectivity index (χ1v) is 12.8. The first-order chi connectivity index (χ1) is 18.6. The van der Waals surface area contributed by atoms with Gasteiger partial charge >= 0.3 is 5.97 Å². The van der Waals surface area contributed by atoms with Crippen molar-refractivity contribution >= 4 is 11.9 Å². The number of benzene rings is 2. The van der Waals surface area contributed by atoms with Crippen molar-refractivity contribution < 1.29 is 19.4 Å². The number of carbonyl (C=O) groups is 2. The number of hydrogen-bond donors (Lipinski definition) is 2. The van der Waals surface area contributed by atoms with Crippen molar-refractivity contribution in [2.75, 3.05) is 13.2 Å². The van der Waals surface area contributed by atoms with Gasteiger partial charge in [-0.25, -0.2) is 0 Å². The highest BCUT2D eigenvalue weighted by atomic mass is 16.5. The summed E-state index contributed by atoms with van der Waals surface area (Å²) in [6.45, 7) is 1.39. The molecule has 8 nitrogen and oxygen atoms in total. The van der Waals surface area contributed by atoms with E-state index in [0.29, 0.717) is 38.1 Å². The molecular formula is C30H32N4O4. The minimum atomic E-state index is -0.775. The molecule has 0 aliphatic carbocycles. The summed E-state index contributed by atoms with van der Waals surface area (Å²) < 4.78 is 6.04. The van der Waals surface area contributed by atoms with Gasteiger partial charge in [-0.3, -0.25) is 19.7 Å². The van der Waals surface area contributed by atoms with Gasteiger partial charge in [0, 0.05) is 60.7 Å². The monoisotopic (exact) mass is 512 g/mol. The zero-order valence-corrected chi connectivity index (χ0v) is 21.3. The first-order valence-electron chi connectivity index (χ1n) is 12.8. The highest BCUT2D eigenvalue weighted by molar-refractivity contribution is 5.94. The minimum absolute atomic E-state index is 0.0665. The number of nitrogens with one attached hydrogen (secondary N) is 1. The standard InChI is InChI=1S/C30H32N4O4/c35-29(36)11-2-1-7-19-38-28-10-4-3-8-25(28)22-34(18-16-27-9-5-6-17-31-27)30(37)24-14-12-23(13-15-24)26-20-32-33-21-26/h3-6,8-10,12-15,17,20-21H,1-2,7,11,16,18-19,22H2,(H,32,33)(H,35,36). The lowest BCUT2D eigenvalue weighted by Crippen LogP contribution is -2.32. The van der Waals surface area contributed by atoms with Crippen molar-refractivity contribution in [1.29, 1.82) is 0 Å². The number of para-hydroxylation sites is 1. The third-order valence-corrected chi connectivity index (χ3v) is 6.24. The molecule has 2 aromatic carbocycles. The van der Waals surface area contributed by atoms with E-state index in [4.69, 9.17) is 9.84 Å². The summed E-state index contributed by atoms with van der Waals surface area (Å²) in [5.41, 5.74) is 4.39. The number of pyridine rings is 1. The van der Waals surface area contributed by atoms with Crippen LogP contribution in [0.4, 0.5) is 0 Å². The maximum Gasteiger partial charge on any atom is 0.303 e. The fourth-order valence-corrected chi connectivity index (χ4v) is 4.16. The Labute approximate surface area is 222 Å². The minimum Gasteiger partial charge on any atom is -0.493 e. The van der Waals surface area contributed by atoms with E-state index in [9.17, 15) is 9.59 Å². The average molecular weight is 513 g/mol. The molecule has 2 aromatic heterocycles. The lowest BCUT2D eigenvalue weighted by Gasteiger charge is -2.24. The summed E-state index contributed by atoms with van der Waals surface area (Å²) in [7, 11) is 0. The Morgan fingerprint density at radius 2 is 1.74 bits per heavy atom. The summed E-state index contributed by atoms with van der Waals surface area (Å²) >= 11 is 0. The molecule has 0 aliphatic rings. The number of aromatic nitrogens is 3. The van der Waals surface area contributed by atoms with E-state index in [1.54, 1.807) is 12.4 Å². The Balaban J connectivity index is 1.46. The fraction of sp³-hybridized carbons (Fsp3) is 0.267. The third-order valence-electron chi connectivity index (χ3n) is 6.24. The Hall–Kier alpha value is -4.46. The molecule has 0 radical (unpaired) electrons. The Kier molecular flexibility index (Phi) is 9.62. The van der Waals surface area contributed by atoms with Gasteiger partial charge in [0.05, 0.1) is 12.8 Å².